The van der Waals surface area contributed by atoms with E-state index in [1.807, 2.05) is 13.8 Å². The Morgan fingerprint density at radius 2 is 2.08 bits per heavy atom. The van der Waals surface area contributed by atoms with Crippen LogP contribution < -0.4 is 0 Å². The van der Waals surface area contributed by atoms with Crippen molar-refractivity contribution in [2.45, 2.75) is 38.2 Å². The molecule has 1 aliphatic carbocycles. The Bertz CT molecular complexity index is 301. The van der Waals surface area contributed by atoms with E-state index in [4.69, 9.17) is 0 Å². The number of rotatable bonds is 2. The summed E-state index contributed by atoms with van der Waals surface area (Å²) >= 11 is 0. The molecule has 0 radical (unpaired) electrons. The van der Waals surface area contributed by atoms with Gasteiger partial charge in [0.2, 0.25) is 0 Å². The Morgan fingerprint density at radius 3 is 2.46 bits per heavy atom. The molecule has 13 heavy (non-hydrogen) atoms. The lowest BCUT2D eigenvalue weighted by Gasteiger charge is -2.17. The van der Waals surface area contributed by atoms with Crippen LogP contribution in [0.1, 0.15) is 31.2 Å². The smallest absolute Gasteiger partial charge is 0.0674 e. The van der Waals surface area contributed by atoms with Gasteiger partial charge in [-0.25, -0.2) is 0 Å². The van der Waals surface area contributed by atoms with Gasteiger partial charge in [0, 0.05) is 17.8 Å². The van der Waals surface area contributed by atoms with Crippen molar-refractivity contribution < 1.29 is 5.11 Å². The minimum absolute atomic E-state index is 0.0826. The molecule has 1 saturated carbocycles. The molecule has 1 heterocycles. The number of hydrogen-bond donors (Lipinski definition) is 1. The van der Waals surface area contributed by atoms with Crippen LogP contribution in [0.2, 0.25) is 0 Å². The first-order chi connectivity index (χ1) is 6.15. The third kappa shape index (κ3) is 1.33. The molecule has 70 valence electrons. The third-order valence-electron chi connectivity index (χ3n) is 2.88. The van der Waals surface area contributed by atoms with Gasteiger partial charge in [-0.15, -0.1) is 0 Å². The molecular weight excluding hydrogens is 164 g/mol. The van der Waals surface area contributed by atoms with E-state index in [1.165, 1.54) is 0 Å². The molecule has 0 spiro atoms. The molecule has 0 aliphatic heterocycles. The molecule has 2 rings (SSSR count). The first kappa shape index (κ1) is 8.63. The average molecular weight is 178 g/mol. The van der Waals surface area contributed by atoms with E-state index in [2.05, 4.69) is 9.97 Å². The van der Waals surface area contributed by atoms with E-state index in [9.17, 15) is 5.11 Å². The third-order valence-corrected chi connectivity index (χ3v) is 2.88. The van der Waals surface area contributed by atoms with Crippen molar-refractivity contribution in [2.24, 2.45) is 0 Å². The number of aromatic nitrogens is 2. The summed E-state index contributed by atoms with van der Waals surface area (Å²) in [7, 11) is 0. The van der Waals surface area contributed by atoms with E-state index in [0.29, 0.717) is 0 Å². The van der Waals surface area contributed by atoms with Gasteiger partial charge in [0.1, 0.15) is 0 Å². The maximum atomic E-state index is 9.60. The topological polar surface area (TPSA) is 46.0 Å². The molecule has 0 aromatic carbocycles. The van der Waals surface area contributed by atoms with Crippen LogP contribution in [0.4, 0.5) is 0 Å². The molecule has 0 saturated heterocycles. The number of aliphatic hydroxyl groups is 1. The zero-order valence-electron chi connectivity index (χ0n) is 7.99. The lowest BCUT2D eigenvalue weighted by Crippen LogP contribution is -2.23. The van der Waals surface area contributed by atoms with Gasteiger partial charge in [-0.05, 0) is 26.7 Å². The first-order valence-electron chi connectivity index (χ1n) is 4.62. The Balaban J connectivity index is 2.31. The highest BCUT2D eigenvalue weighted by atomic mass is 16.3. The standard InChI is InChI=1S/C10H14N2O/c1-7-5-12-9(6-11-7)10(3-4-10)8(2)13/h5-6,8,13H,3-4H2,1-2H3. The van der Waals surface area contributed by atoms with Gasteiger partial charge in [0.15, 0.2) is 0 Å². The van der Waals surface area contributed by atoms with Crippen molar-refractivity contribution in [3.8, 4) is 0 Å². The van der Waals surface area contributed by atoms with Gasteiger partial charge in [-0.1, -0.05) is 0 Å². The summed E-state index contributed by atoms with van der Waals surface area (Å²) in [6.45, 7) is 3.74. The summed E-state index contributed by atoms with van der Waals surface area (Å²) in [5.74, 6) is 0. The maximum absolute atomic E-state index is 9.60. The molecule has 1 atom stereocenters. The summed E-state index contributed by atoms with van der Waals surface area (Å²) in [6, 6.07) is 0. The van der Waals surface area contributed by atoms with E-state index < -0.39 is 0 Å². The van der Waals surface area contributed by atoms with E-state index in [0.717, 1.165) is 24.2 Å². The van der Waals surface area contributed by atoms with Crippen LogP contribution in [-0.4, -0.2) is 21.2 Å². The minimum Gasteiger partial charge on any atom is -0.392 e. The van der Waals surface area contributed by atoms with E-state index >= 15 is 0 Å². The summed E-state index contributed by atoms with van der Waals surface area (Å²) in [4.78, 5) is 8.51. The minimum atomic E-state index is -0.315. The zero-order valence-corrected chi connectivity index (χ0v) is 7.99. The summed E-state index contributed by atoms with van der Waals surface area (Å²) in [5, 5.41) is 9.60. The second-order valence-corrected chi connectivity index (χ2v) is 3.88. The van der Waals surface area contributed by atoms with Gasteiger partial charge >= 0.3 is 0 Å². The molecule has 1 fully saturated rings. The van der Waals surface area contributed by atoms with Gasteiger partial charge in [0.25, 0.3) is 0 Å². The van der Waals surface area contributed by atoms with Crippen molar-refractivity contribution in [3.05, 3.63) is 23.8 Å². The van der Waals surface area contributed by atoms with E-state index in [-0.39, 0.29) is 11.5 Å². The number of hydrogen-bond acceptors (Lipinski definition) is 3. The fraction of sp³-hybridized carbons (Fsp3) is 0.600. The molecular formula is C10H14N2O. The van der Waals surface area contributed by atoms with Crippen LogP contribution >= 0.6 is 0 Å². The van der Waals surface area contributed by atoms with Crippen LogP contribution in [-0.2, 0) is 5.41 Å². The van der Waals surface area contributed by atoms with Gasteiger partial charge in [0.05, 0.1) is 17.5 Å². The van der Waals surface area contributed by atoms with Crippen molar-refractivity contribution in [2.75, 3.05) is 0 Å². The van der Waals surface area contributed by atoms with Crippen molar-refractivity contribution in [1.29, 1.82) is 0 Å². The monoisotopic (exact) mass is 178 g/mol. The lowest BCUT2D eigenvalue weighted by atomic mass is 9.97. The second-order valence-electron chi connectivity index (χ2n) is 3.88. The quantitative estimate of drug-likeness (QED) is 0.740. The molecule has 1 N–H and O–H groups in total. The SMILES string of the molecule is Cc1cnc(C2(C(C)O)CC2)cn1. The summed E-state index contributed by atoms with van der Waals surface area (Å²) in [5.41, 5.74) is 1.78. The molecule has 1 unspecified atom stereocenters. The highest BCUT2D eigenvalue weighted by Crippen LogP contribution is 2.49. The van der Waals surface area contributed by atoms with Crippen molar-refractivity contribution in [3.63, 3.8) is 0 Å². The molecule has 0 bridgehead atoms. The van der Waals surface area contributed by atoms with Crippen LogP contribution in [0, 0.1) is 6.92 Å². The van der Waals surface area contributed by atoms with Crippen molar-refractivity contribution >= 4 is 0 Å². The summed E-state index contributed by atoms with van der Waals surface area (Å²) in [6.07, 6.45) is 5.29. The number of aliphatic hydroxyl groups excluding tert-OH is 1. The van der Waals surface area contributed by atoms with Gasteiger partial charge in [-0.3, -0.25) is 9.97 Å². The molecule has 1 aromatic heterocycles. The van der Waals surface area contributed by atoms with E-state index in [1.54, 1.807) is 12.4 Å². The maximum Gasteiger partial charge on any atom is 0.0674 e. The lowest BCUT2D eigenvalue weighted by molar-refractivity contribution is 0.148. The predicted octanol–water partition coefficient (Wildman–Crippen LogP) is 1.20. The molecule has 3 nitrogen and oxygen atoms in total. The Kier molecular flexibility index (Phi) is 1.84. The van der Waals surface area contributed by atoms with Crippen LogP contribution in [0.25, 0.3) is 0 Å². The Labute approximate surface area is 77.8 Å². The largest absolute Gasteiger partial charge is 0.392 e. The number of aryl methyl sites for hydroxylation is 1. The highest BCUT2D eigenvalue weighted by molar-refractivity contribution is 5.24. The number of nitrogens with zero attached hydrogens (tertiary/aromatic N) is 2. The average Bonchev–Trinajstić information content (AvgIpc) is 2.86. The second kappa shape index (κ2) is 2.77. The van der Waals surface area contributed by atoms with Gasteiger partial charge < -0.3 is 5.11 Å². The molecule has 3 heteroatoms. The Morgan fingerprint density at radius 1 is 1.38 bits per heavy atom. The molecule has 1 aromatic rings. The van der Waals surface area contributed by atoms with Crippen molar-refractivity contribution in [1.82, 2.24) is 9.97 Å². The first-order valence-corrected chi connectivity index (χ1v) is 4.62. The fourth-order valence-electron chi connectivity index (χ4n) is 1.67. The normalized spacial score (nSPS) is 21.2. The fourth-order valence-corrected chi connectivity index (χ4v) is 1.67. The Hall–Kier alpha value is -0.960. The van der Waals surface area contributed by atoms with Crippen LogP contribution in [0.15, 0.2) is 12.4 Å². The zero-order chi connectivity index (χ0) is 9.47. The van der Waals surface area contributed by atoms with Gasteiger partial charge in [-0.2, -0.15) is 0 Å². The predicted molar refractivity (Wildman–Crippen MR) is 49.4 cm³/mol. The van der Waals surface area contributed by atoms with Crippen LogP contribution in [0.3, 0.4) is 0 Å². The molecule has 1 aliphatic rings. The summed E-state index contributed by atoms with van der Waals surface area (Å²) < 4.78 is 0. The van der Waals surface area contributed by atoms with Crippen LogP contribution in [0.5, 0.6) is 0 Å². The molecule has 0 amide bonds. The highest BCUT2D eigenvalue weighted by Gasteiger charge is 2.49.